The summed E-state index contributed by atoms with van der Waals surface area (Å²) in [4.78, 5) is 0. The van der Waals surface area contributed by atoms with E-state index in [0.717, 1.165) is 11.3 Å². The minimum absolute atomic E-state index is 0.0484. The van der Waals surface area contributed by atoms with E-state index in [9.17, 15) is 0 Å². The van der Waals surface area contributed by atoms with Gasteiger partial charge in [0.25, 0.3) is 0 Å². The van der Waals surface area contributed by atoms with Crippen molar-refractivity contribution < 1.29 is 9.84 Å². The Morgan fingerprint density at radius 3 is 2.92 bits per heavy atom. The number of hydrogen-bond donors (Lipinski definition) is 2. The molecule has 0 amide bonds. The molecule has 1 aromatic rings. The lowest BCUT2D eigenvalue weighted by atomic mass is 10.1. The van der Waals surface area contributed by atoms with Crippen LogP contribution in [0.1, 0.15) is 11.6 Å². The molecule has 1 rings (SSSR count). The van der Waals surface area contributed by atoms with Crippen molar-refractivity contribution >= 4 is 0 Å². The van der Waals surface area contributed by atoms with Crippen LogP contribution in [0.3, 0.4) is 0 Å². The Morgan fingerprint density at radius 2 is 2.33 bits per heavy atom. The zero-order valence-electron chi connectivity index (χ0n) is 7.03. The molecular weight excluding hydrogens is 154 g/mol. The predicted octanol–water partition coefficient (Wildman–Crippen LogP) is 0.687. The van der Waals surface area contributed by atoms with Crippen molar-refractivity contribution in [2.24, 2.45) is 5.73 Å². The largest absolute Gasteiger partial charge is 0.497 e. The molecule has 3 heteroatoms. The van der Waals surface area contributed by atoms with Crippen LogP contribution < -0.4 is 10.5 Å². The smallest absolute Gasteiger partial charge is 0.119 e. The predicted molar refractivity (Wildman–Crippen MR) is 47.0 cm³/mol. The highest BCUT2D eigenvalue weighted by Gasteiger charge is 2.03. The van der Waals surface area contributed by atoms with Gasteiger partial charge < -0.3 is 15.6 Å². The summed E-state index contributed by atoms with van der Waals surface area (Å²) in [5, 5.41) is 8.79. The molecule has 0 unspecified atom stereocenters. The van der Waals surface area contributed by atoms with Gasteiger partial charge in [-0.1, -0.05) is 12.1 Å². The Labute approximate surface area is 71.8 Å². The summed E-state index contributed by atoms with van der Waals surface area (Å²) in [6.07, 6.45) is 0. The van der Waals surface area contributed by atoms with Gasteiger partial charge >= 0.3 is 0 Å². The van der Waals surface area contributed by atoms with Crippen molar-refractivity contribution in [3.8, 4) is 5.75 Å². The van der Waals surface area contributed by atoms with Gasteiger partial charge in [-0.25, -0.2) is 0 Å². The first-order valence-electron chi connectivity index (χ1n) is 3.78. The lowest BCUT2D eigenvalue weighted by Crippen LogP contribution is -2.14. The van der Waals surface area contributed by atoms with E-state index in [2.05, 4.69) is 0 Å². The van der Waals surface area contributed by atoms with Crippen molar-refractivity contribution in [1.82, 2.24) is 0 Å². The van der Waals surface area contributed by atoms with E-state index in [1.807, 2.05) is 24.3 Å². The highest BCUT2D eigenvalue weighted by Crippen LogP contribution is 2.16. The number of methoxy groups -OCH3 is 1. The second-order valence-electron chi connectivity index (χ2n) is 2.57. The monoisotopic (exact) mass is 167 g/mol. The van der Waals surface area contributed by atoms with Crippen molar-refractivity contribution in [1.29, 1.82) is 0 Å². The fourth-order valence-electron chi connectivity index (χ4n) is 0.978. The molecule has 3 N–H and O–H groups in total. The minimum Gasteiger partial charge on any atom is -0.497 e. The van der Waals surface area contributed by atoms with Gasteiger partial charge in [-0.15, -0.1) is 0 Å². The van der Waals surface area contributed by atoms with E-state index >= 15 is 0 Å². The molecule has 0 aliphatic rings. The van der Waals surface area contributed by atoms with Crippen molar-refractivity contribution in [3.05, 3.63) is 29.8 Å². The van der Waals surface area contributed by atoms with Crippen LogP contribution in [0.5, 0.6) is 5.75 Å². The standard InChI is InChI=1S/C9H13NO2/c1-12-8-4-2-3-7(5-8)9(10)6-11/h2-5,9,11H,6,10H2,1H3/t9-/m0/s1. The molecule has 0 saturated carbocycles. The van der Waals surface area contributed by atoms with Crippen LogP contribution in [0.25, 0.3) is 0 Å². The summed E-state index contributed by atoms with van der Waals surface area (Å²) < 4.78 is 5.01. The number of ether oxygens (including phenoxy) is 1. The van der Waals surface area contributed by atoms with Crippen LogP contribution in [0, 0.1) is 0 Å². The first kappa shape index (κ1) is 9.03. The van der Waals surface area contributed by atoms with E-state index in [1.165, 1.54) is 0 Å². The molecule has 3 nitrogen and oxygen atoms in total. The fourth-order valence-corrected chi connectivity index (χ4v) is 0.978. The van der Waals surface area contributed by atoms with Gasteiger partial charge in [0.1, 0.15) is 5.75 Å². The molecule has 0 aliphatic heterocycles. The van der Waals surface area contributed by atoms with Crippen molar-refractivity contribution in [3.63, 3.8) is 0 Å². The van der Waals surface area contributed by atoms with Crippen LogP contribution in [0.15, 0.2) is 24.3 Å². The fraction of sp³-hybridized carbons (Fsp3) is 0.333. The zero-order chi connectivity index (χ0) is 8.97. The number of aliphatic hydroxyl groups excluding tert-OH is 1. The number of benzene rings is 1. The molecule has 0 spiro atoms. The second-order valence-corrected chi connectivity index (χ2v) is 2.57. The summed E-state index contributed by atoms with van der Waals surface area (Å²) >= 11 is 0. The molecule has 0 aliphatic carbocycles. The van der Waals surface area contributed by atoms with Gasteiger partial charge in [0, 0.05) is 0 Å². The maximum Gasteiger partial charge on any atom is 0.119 e. The number of rotatable bonds is 3. The maximum atomic E-state index is 8.79. The van der Waals surface area contributed by atoms with Gasteiger partial charge in [-0.3, -0.25) is 0 Å². The maximum absolute atomic E-state index is 8.79. The summed E-state index contributed by atoms with van der Waals surface area (Å²) in [6, 6.07) is 7.06. The molecule has 0 fully saturated rings. The molecule has 0 saturated heterocycles. The molecule has 0 bridgehead atoms. The average Bonchev–Trinajstić information content (AvgIpc) is 2.17. The molecule has 12 heavy (non-hydrogen) atoms. The third kappa shape index (κ3) is 1.96. The topological polar surface area (TPSA) is 55.5 Å². The molecular formula is C9H13NO2. The van der Waals surface area contributed by atoms with E-state index in [0.29, 0.717) is 0 Å². The Kier molecular flexibility index (Phi) is 3.08. The summed E-state index contributed by atoms with van der Waals surface area (Å²) in [7, 11) is 1.60. The van der Waals surface area contributed by atoms with Crippen LogP contribution >= 0.6 is 0 Å². The third-order valence-electron chi connectivity index (χ3n) is 1.72. The minimum atomic E-state index is -0.319. The van der Waals surface area contributed by atoms with Gasteiger partial charge in [-0.05, 0) is 17.7 Å². The molecule has 1 atom stereocenters. The summed E-state index contributed by atoms with van der Waals surface area (Å²) in [5.41, 5.74) is 6.50. The highest BCUT2D eigenvalue weighted by molar-refractivity contribution is 5.30. The lowest BCUT2D eigenvalue weighted by molar-refractivity contribution is 0.267. The van der Waals surface area contributed by atoms with Crippen LogP contribution in [-0.2, 0) is 0 Å². The van der Waals surface area contributed by atoms with Gasteiger partial charge in [0.2, 0.25) is 0 Å². The lowest BCUT2D eigenvalue weighted by Gasteiger charge is -2.09. The Balaban J connectivity index is 2.86. The number of nitrogens with two attached hydrogens (primary N) is 1. The quantitative estimate of drug-likeness (QED) is 0.696. The molecule has 66 valence electrons. The van der Waals surface area contributed by atoms with E-state index in [-0.39, 0.29) is 12.6 Å². The summed E-state index contributed by atoms with van der Waals surface area (Å²) in [6.45, 7) is -0.0484. The first-order chi connectivity index (χ1) is 5.77. The van der Waals surface area contributed by atoms with Gasteiger partial charge in [0.05, 0.1) is 19.8 Å². The van der Waals surface area contributed by atoms with E-state index in [4.69, 9.17) is 15.6 Å². The van der Waals surface area contributed by atoms with E-state index in [1.54, 1.807) is 7.11 Å². The number of aliphatic hydroxyl groups is 1. The molecule has 0 radical (unpaired) electrons. The van der Waals surface area contributed by atoms with Crippen LogP contribution in [-0.4, -0.2) is 18.8 Å². The third-order valence-corrected chi connectivity index (χ3v) is 1.72. The van der Waals surface area contributed by atoms with Gasteiger partial charge in [0.15, 0.2) is 0 Å². The SMILES string of the molecule is COc1cccc([C@@H](N)CO)c1. The summed E-state index contributed by atoms with van der Waals surface area (Å²) in [5.74, 6) is 0.761. The Morgan fingerprint density at radius 1 is 1.58 bits per heavy atom. The van der Waals surface area contributed by atoms with Gasteiger partial charge in [-0.2, -0.15) is 0 Å². The normalized spacial score (nSPS) is 12.6. The van der Waals surface area contributed by atoms with E-state index < -0.39 is 0 Å². The molecule has 1 aromatic carbocycles. The van der Waals surface area contributed by atoms with Crippen LogP contribution in [0.2, 0.25) is 0 Å². The molecule has 0 aromatic heterocycles. The van der Waals surface area contributed by atoms with Crippen molar-refractivity contribution in [2.75, 3.05) is 13.7 Å². The zero-order valence-corrected chi connectivity index (χ0v) is 7.03. The average molecular weight is 167 g/mol. The second kappa shape index (κ2) is 4.09. The first-order valence-corrected chi connectivity index (χ1v) is 3.78. The van der Waals surface area contributed by atoms with Crippen LogP contribution in [0.4, 0.5) is 0 Å². The highest BCUT2D eigenvalue weighted by atomic mass is 16.5. The Hall–Kier alpha value is -1.06. The number of hydrogen-bond acceptors (Lipinski definition) is 3. The van der Waals surface area contributed by atoms with Crippen molar-refractivity contribution in [2.45, 2.75) is 6.04 Å². The Bertz CT molecular complexity index is 250. The molecule has 0 heterocycles.